The van der Waals surface area contributed by atoms with E-state index in [0.29, 0.717) is 25.1 Å². The van der Waals surface area contributed by atoms with E-state index in [4.69, 9.17) is 9.15 Å². The maximum atomic E-state index is 13.0. The number of ether oxygens (including phenoxy) is 1. The fraction of sp³-hybridized carbons (Fsp3) is 0.318. The summed E-state index contributed by atoms with van der Waals surface area (Å²) in [5.74, 6) is -0.639. The Morgan fingerprint density at radius 2 is 1.93 bits per heavy atom. The van der Waals surface area contributed by atoms with Crippen molar-refractivity contribution in [2.75, 3.05) is 13.2 Å². The molecule has 0 radical (unpaired) electrons. The number of amides is 1. The van der Waals surface area contributed by atoms with Gasteiger partial charge in [0.05, 0.1) is 6.61 Å². The molecule has 1 heterocycles. The zero-order valence-corrected chi connectivity index (χ0v) is 17.2. The van der Waals surface area contributed by atoms with Gasteiger partial charge < -0.3 is 14.5 Å². The van der Waals surface area contributed by atoms with Crippen LogP contribution in [-0.4, -0.2) is 28.8 Å². The lowest BCUT2D eigenvalue weighted by Crippen LogP contribution is -2.32. The van der Waals surface area contributed by atoms with Crippen molar-refractivity contribution in [3.63, 3.8) is 0 Å². The van der Waals surface area contributed by atoms with E-state index in [1.54, 1.807) is 0 Å². The maximum absolute atomic E-state index is 13.0. The van der Waals surface area contributed by atoms with Gasteiger partial charge in [-0.1, -0.05) is 6.07 Å². The molecule has 0 aliphatic heterocycles. The van der Waals surface area contributed by atoms with Crippen LogP contribution >= 0.6 is 0 Å². The summed E-state index contributed by atoms with van der Waals surface area (Å²) < 4.78 is 24.8. The Morgan fingerprint density at radius 1 is 1.20 bits per heavy atom. The molecule has 0 saturated carbocycles. The zero-order valence-electron chi connectivity index (χ0n) is 17.2. The van der Waals surface area contributed by atoms with Crippen LogP contribution in [-0.2, 0) is 11.3 Å². The second kappa shape index (κ2) is 9.39. The van der Waals surface area contributed by atoms with Crippen LogP contribution < -0.4 is 15.8 Å². The lowest BCUT2D eigenvalue weighted by atomic mass is 10.1. The number of aryl methyl sites for hydroxylation is 2. The number of hydrogen-bond acceptors (Lipinski definition) is 5. The number of carbonyl (C=O) groups is 1. The van der Waals surface area contributed by atoms with Gasteiger partial charge in [0.2, 0.25) is 11.8 Å². The number of halogens is 1. The van der Waals surface area contributed by atoms with Crippen LogP contribution in [0.3, 0.4) is 0 Å². The van der Waals surface area contributed by atoms with Gasteiger partial charge in [-0.3, -0.25) is 4.79 Å². The molecule has 158 valence electrons. The SMILES string of the molecule is Cc1cc(C)c(C)c(OCCCNC(=O)Cn2nc(-c3ccc(F)cc3)oc2=O)c1. The Labute approximate surface area is 173 Å². The number of benzene rings is 2. The molecule has 0 fully saturated rings. The molecule has 3 rings (SSSR count). The van der Waals surface area contributed by atoms with E-state index in [1.807, 2.05) is 26.8 Å². The fourth-order valence-corrected chi connectivity index (χ4v) is 2.94. The molecule has 0 aliphatic rings. The number of aromatic nitrogens is 2. The second-order valence-electron chi connectivity index (χ2n) is 7.09. The van der Waals surface area contributed by atoms with Crippen LogP contribution in [0.1, 0.15) is 23.1 Å². The minimum Gasteiger partial charge on any atom is -0.493 e. The third-order valence-corrected chi connectivity index (χ3v) is 4.66. The van der Waals surface area contributed by atoms with Crippen molar-refractivity contribution in [3.8, 4) is 17.2 Å². The molecule has 8 heteroatoms. The molecule has 7 nitrogen and oxygen atoms in total. The summed E-state index contributed by atoms with van der Waals surface area (Å²) in [5, 5.41) is 6.72. The Bertz CT molecular complexity index is 1090. The van der Waals surface area contributed by atoms with Crippen molar-refractivity contribution in [1.82, 2.24) is 15.1 Å². The number of hydrogen-bond donors (Lipinski definition) is 1. The van der Waals surface area contributed by atoms with Gasteiger partial charge >= 0.3 is 5.76 Å². The van der Waals surface area contributed by atoms with Crippen LogP contribution in [0.15, 0.2) is 45.6 Å². The molecule has 0 bridgehead atoms. The molecule has 30 heavy (non-hydrogen) atoms. The van der Waals surface area contributed by atoms with Crippen LogP contribution in [0.4, 0.5) is 4.39 Å². The first-order chi connectivity index (χ1) is 14.3. The third kappa shape index (κ3) is 5.34. The summed E-state index contributed by atoms with van der Waals surface area (Å²) >= 11 is 0. The average Bonchev–Trinajstić information content (AvgIpc) is 3.06. The maximum Gasteiger partial charge on any atom is 0.437 e. The summed E-state index contributed by atoms with van der Waals surface area (Å²) in [7, 11) is 0. The quantitative estimate of drug-likeness (QED) is 0.574. The van der Waals surface area contributed by atoms with E-state index in [1.165, 1.54) is 29.8 Å². The largest absolute Gasteiger partial charge is 0.493 e. The molecule has 0 saturated heterocycles. The topological polar surface area (TPSA) is 86.4 Å². The first-order valence-electron chi connectivity index (χ1n) is 9.64. The van der Waals surface area contributed by atoms with Crippen LogP contribution in [0.25, 0.3) is 11.5 Å². The molecule has 2 aromatic carbocycles. The van der Waals surface area contributed by atoms with E-state index in [9.17, 15) is 14.0 Å². The third-order valence-electron chi connectivity index (χ3n) is 4.66. The highest BCUT2D eigenvalue weighted by molar-refractivity contribution is 5.75. The molecular weight excluding hydrogens is 389 g/mol. The van der Waals surface area contributed by atoms with Crippen LogP contribution in [0, 0.1) is 26.6 Å². The Hall–Kier alpha value is -3.42. The molecule has 3 aromatic rings. The first-order valence-corrected chi connectivity index (χ1v) is 9.64. The zero-order chi connectivity index (χ0) is 21.7. The summed E-state index contributed by atoms with van der Waals surface area (Å²) in [6.45, 7) is 6.68. The highest BCUT2D eigenvalue weighted by atomic mass is 19.1. The average molecular weight is 413 g/mol. The molecular formula is C22H24FN3O4. The van der Waals surface area contributed by atoms with Gasteiger partial charge in [-0.05, 0) is 74.2 Å². The van der Waals surface area contributed by atoms with E-state index in [2.05, 4.69) is 16.5 Å². The number of nitrogens with one attached hydrogen (secondary N) is 1. The molecule has 0 unspecified atom stereocenters. The molecule has 0 atom stereocenters. The second-order valence-corrected chi connectivity index (χ2v) is 7.09. The van der Waals surface area contributed by atoms with Crippen molar-refractivity contribution in [2.24, 2.45) is 0 Å². The monoisotopic (exact) mass is 413 g/mol. The van der Waals surface area contributed by atoms with Gasteiger partial charge in [-0.2, -0.15) is 4.68 Å². The minimum absolute atomic E-state index is 0.0324. The summed E-state index contributed by atoms with van der Waals surface area (Å²) in [6, 6.07) is 9.47. The van der Waals surface area contributed by atoms with Gasteiger partial charge in [-0.15, -0.1) is 5.10 Å². The Balaban J connectivity index is 1.46. The summed E-state index contributed by atoms with van der Waals surface area (Å²) in [4.78, 5) is 24.0. The molecule has 1 aromatic heterocycles. The fourth-order valence-electron chi connectivity index (χ4n) is 2.94. The number of carbonyl (C=O) groups excluding carboxylic acids is 1. The van der Waals surface area contributed by atoms with Crippen molar-refractivity contribution in [3.05, 3.63) is 69.5 Å². The number of nitrogens with zero attached hydrogens (tertiary/aromatic N) is 2. The summed E-state index contributed by atoms with van der Waals surface area (Å²) in [5.41, 5.74) is 3.87. The van der Waals surface area contributed by atoms with E-state index in [0.717, 1.165) is 21.6 Å². The molecule has 0 aliphatic carbocycles. The Morgan fingerprint density at radius 3 is 2.67 bits per heavy atom. The van der Waals surface area contributed by atoms with Crippen molar-refractivity contribution >= 4 is 5.91 Å². The predicted octanol–water partition coefficient (Wildman–Crippen LogP) is 3.15. The standard InChI is InChI=1S/C22H24FN3O4/c1-14-11-15(2)16(3)19(12-14)29-10-4-9-24-20(27)13-26-22(28)30-21(25-26)17-5-7-18(23)8-6-17/h5-8,11-12H,4,9-10,13H2,1-3H3,(H,24,27). The normalized spacial score (nSPS) is 10.8. The van der Waals surface area contributed by atoms with Gasteiger partial charge in [0.15, 0.2) is 0 Å². The molecule has 1 amide bonds. The highest BCUT2D eigenvalue weighted by Crippen LogP contribution is 2.23. The lowest BCUT2D eigenvalue weighted by molar-refractivity contribution is -0.121. The van der Waals surface area contributed by atoms with Gasteiger partial charge in [0, 0.05) is 12.1 Å². The van der Waals surface area contributed by atoms with Gasteiger partial charge in [-0.25, -0.2) is 9.18 Å². The minimum atomic E-state index is -0.752. The van der Waals surface area contributed by atoms with Crippen LogP contribution in [0.5, 0.6) is 5.75 Å². The lowest BCUT2D eigenvalue weighted by Gasteiger charge is -2.12. The summed E-state index contributed by atoms with van der Waals surface area (Å²) in [6.07, 6.45) is 0.618. The van der Waals surface area contributed by atoms with Crippen molar-refractivity contribution in [1.29, 1.82) is 0 Å². The smallest absolute Gasteiger partial charge is 0.437 e. The first kappa shape index (κ1) is 21.3. The highest BCUT2D eigenvalue weighted by Gasteiger charge is 2.13. The van der Waals surface area contributed by atoms with Gasteiger partial charge in [0.25, 0.3) is 0 Å². The van der Waals surface area contributed by atoms with Gasteiger partial charge in [0.1, 0.15) is 18.1 Å². The van der Waals surface area contributed by atoms with Crippen molar-refractivity contribution < 1.29 is 18.3 Å². The van der Waals surface area contributed by atoms with E-state index in [-0.39, 0.29) is 18.3 Å². The Kier molecular flexibility index (Phi) is 6.66. The molecule has 0 spiro atoms. The molecule has 1 N–H and O–H groups in total. The predicted molar refractivity (Wildman–Crippen MR) is 110 cm³/mol. The van der Waals surface area contributed by atoms with Crippen LogP contribution in [0.2, 0.25) is 0 Å². The number of rotatable bonds is 8. The van der Waals surface area contributed by atoms with Crippen molar-refractivity contribution in [2.45, 2.75) is 33.7 Å². The van der Waals surface area contributed by atoms with E-state index < -0.39 is 11.6 Å². The van der Waals surface area contributed by atoms with E-state index >= 15 is 0 Å².